The summed E-state index contributed by atoms with van der Waals surface area (Å²) in [7, 11) is 1.42. The van der Waals surface area contributed by atoms with Crippen molar-refractivity contribution in [2.75, 3.05) is 20.1 Å². The quantitative estimate of drug-likeness (QED) is 0.739. The van der Waals surface area contributed by atoms with E-state index in [1.807, 2.05) is 0 Å². The predicted octanol–water partition coefficient (Wildman–Crippen LogP) is 0.852. The molecule has 1 aliphatic heterocycles. The second-order valence-corrected chi connectivity index (χ2v) is 3.66. The van der Waals surface area contributed by atoms with Gasteiger partial charge in [-0.1, -0.05) is 0 Å². The van der Waals surface area contributed by atoms with Crippen LogP contribution >= 0.6 is 0 Å². The van der Waals surface area contributed by atoms with E-state index < -0.39 is 13.0 Å². The molecule has 1 unspecified atom stereocenters. The smallest absolute Gasteiger partial charge is 0.255 e. The maximum absolute atomic E-state index is 11.9. The molecule has 0 aliphatic carbocycles. The lowest BCUT2D eigenvalue weighted by molar-refractivity contribution is -0.132. The van der Waals surface area contributed by atoms with E-state index in [1.165, 1.54) is 7.05 Å². The lowest BCUT2D eigenvalue weighted by Crippen LogP contribution is -2.35. The molecule has 82 valence electrons. The van der Waals surface area contributed by atoms with E-state index in [0.29, 0.717) is 6.42 Å². The Balaban J connectivity index is 2.25. The van der Waals surface area contributed by atoms with Crippen LogP contribution in [-0.4, -0.2) is 43.4 Å². The van der Waals surface area contributed by atoms with Gasteiger partial charge in [0, 0.05) is 19.5 Å². The summed E-state index contributed by atoms with van der Waals surface area (Å²) in [4.78, 5) is 12.5. The van der Waals surface area contributed by atoms with E-state index in [1.54, 1.807) is 0 Å². The van der Waals surface area contributed by atoms with Crippen molar-refractivity contribution in [3.05, 3.63) is 0 Å². The molecule has 0 aromatic heterocycles. The highest BCUT2D eigenvalue weighted by molar-refractivity contribution is 5.76. The molecule has 5 heteroatoms. The van der Waals surface area contributed by atoms with Crippen molar-refractivity contribution in [3.63, 3.8) is 0 Å². The minimum Gasteiger partial charge on any atom is -0.340 e. The summed E-state index contributed by atoms with van der Waals surface area (Å²) in [5.74, 6) is -0.204. The molecule has 1 amide bonds. The van der Waals surface area contributed by atoms with Crippen molar-refractivity contribution < 1.29 is 13.6 Å². The number of rotatable bonds is 4. The molecule has 0 spiro atoms. The molecular formula is C9H16F2N2O. The van der Waals surface area contributed by atoms with Gasteiger partial charge in [-0.3, -0.25) is 4.79 Å². The molecule has 1 heterocycles. The van der Waals surface area contributed by atoms with Crippen LogP contribution in [0.3, 0.4) is 0 Å². The minimum absolute atomic E-state index is 0.183. The molecule has 1 N–H and O–H groups in total. The average molecular weight is 206 g/mol. The number of nitrogens with one attached hydrogen (secondary N) is 1. The number of amides is 1. The second-order valence-electron chi connectivity index (χ2n) is 3.66. The van der Waals surface area contributed by atoms with Crippen LogP contribution in [0.5, 0.6) is 0 Å². The van der Waals surface area contributed by atoms with Crippen LogP contribution in [0, 0.1) is 0 Å². The lowest BCUT2D eigenvalue weighted by Gasteiger charge is -2.18. The van der Waals surface area contributed by atoms with E-state index in [2.05, 4.69) is 5.32 Å². The molecule has 1 saturated heterocycles. The Hall–Kier alpha value is -0.710. The van der Waals surface area contributed by atoms with E-state index in [-0.39, 0.29) is 11.9 Å². The zero-order valence-corrected chi connectivity index (χ0v) is 8.30. The second kappa shape index (κ2) is 5.24. The van der Waals surface area contributed by atoms with Crippen molar-refractivity contribution in [2.45, 2.75) is 31.7 Å². The lowest BCUT2D eigenvalue weighted by atomic mass is 10.1. The molecule has 1 fully saturated rings. The Labute approximate surface area is 82.5 Å². The van der Waals surface area contributed by atoms with Gasteiger partial charge in [0.2, 0.25) is 5.91 Å². The van der Waals surface area contributed by atoms with Gasteiger partial charge in [-0.2, -0.15) is 0 Å². The van der Waals surface area contributed by atoms with Crippen LogP contribution in [0.4, 0.5) is 8.78 Å². The van der Waals surface area contributed by atoms with Crippen molar-refractivity contribution in [1.29, 1.82) is 0 Å². The molecule has 0 radical (unpaired) electrons. The van der Waals surface area contributed by atoms with E-state index in [4.69, 9.17) is 0 Å². The van der Waals surface area contributed by atoms with Gasteiger partial charge in [-0.25, -0.2) is 8.78 Å². The van der Waals surface area contributed by atoms with Crippen LogP contribution in [-0.2, 0) is 4.79 Å². The first-order valence-corrected chi connectivity index (χ1v) is 4.85. The van der Waals surface area contributed by atoms with Crippen molar-refractivity contribution in [1.82, 2.24) is 10.2 Å². The van der Waals surface area contributed by atoms with Gasteiger partial charge in [0.05, 0.1) is 6.54 Å². The SMILES string of the molecule is CN(CC(F)F)C(=O)CC1CCCN1. The molecule has 3 nitrogen and oxygen atoms in total. The van der Waals surface area contributed by atoms with Crippen molar-refractivity contribution in [3.8, 4) is 0 Å². The Kier molecular flexibility index (Phi) is 4.25. The Bertz CT molecular complexity index is 193. The molecule has 1 atom stereocenters. The van der Waals surface area contributed by atoms with E-state index in [9.17, 15) is 13.6 Å². The molecule has 1 aliphatic rings. The Morgan fingerprint density at radius 2 is 2.36 bits per heavy atom. The average Bonchev–Trinajstić information content (AvgIpc) is 2.55. The number of hydrogen-bond acceptors (Lipinski definition) is 2. The standard InChI is InChI=1S/C9H16F2N2O/c1-13(6-8(10)11)9(14)5-7-3-2-4-12-7/h7-8,12H,2-6H2,1H3. The van der Waals surface area contributed by atoms with Crippen LogP contribution < -0.4 is 5.32 Å². The normalized spacial score (nSPS) is 21.6. The zero-order valence-electron chi connectivity index (χ0n) is 8.30. The van der Waals surface area contributed by atoms with Gasteiger partial charge in [0.1, 0.15) is 0 Å². The van der Waals surface area contributed by atoms with Crippen molar-refractivity contribution in [2.24, 2.45) is 0 Å². The number of nitrogens with zero attached hydrogens (tertiary/aromatic N) is 1. The van der Waals surface area contributed by atoms with Gasteiger partial charge < -0.3 is 10.2 Å². The van der Waals surface area contributed by atoms with Gasteiger partial charge in [0.15, 0.2) is 0 Å². The molecule has 0 aromatic carbocycles. The number of carbonyl (C=O) groups excluding carboxylic acids is 1. The summed E-state index contributed by atoms with van der Waals surface area (Å²) >= 11 is 0. The van der Waals surface area contributed by atoms with Gasteiger partial charge in [-0.15, -0.1) is 0 Å². The first-order chi connectivity index (χ1) is 6.59. The molecule has 14 heavy (non-hydrogen) atoms. The van der Waals surface area contributed by atoms with E-state index in [0.717, 1.165) is 24.3 Å². The van der Waals surface area contributed by atoms with Crippen LogP contribution in [0.2, 0.25) is 0 Å². The van der Waals surface area contributed by atoms with Gasteiger partial charge in [0.25, 0.3) is 6.43 Å². The first kappa shape index (κ1) is 11.4. The molecular weight excluding hydrogens is 190 g/mol. The predicted molar refractivity (Wildman–Crippen MR) is 49.3 cm³/mol. The Morgan fingerprint density at radius 3 is 2.86 bits per heavy atom. The van der Waals surface area contributed by atoms with Crippen molar-refractivity contribution >= 4 is 5.91 Å². The molecule has 0 bridgehead atoms. The number of hydrogen-bond donors (Lipinski definition) is 1. The maximum Gasteiger partial charge on any atom is 0.255 e. The zero-order chi connectivity index (χ0) is 10.6. The third-order valence-corrected chi connectivity index (χ3v) is 2.42. The summed E-state index contributed by atoms with van der Waals surface area (Å²) in [6, 6.07) is 0.183. The number of carbonyl (C=O) groups is 1. The molecule has 1 rings (SSSR count). The monoisotopic (exact) mass is 206 g/mol. The third kappa shape index (κ3) is 3.57. The van der Waals surface area contributed by atoms with E-state index >= 15 is 0 Å². The fourth-order valence-corrected chi connectivity index (χ4v) is 1.61. The fourth-order valence-electron chi connectivity index (χ4n) is 1.61. The highest BCUT2D eigenvalue weighted by Gasteiger charge is 2.21. The van der Waals surface area contributed by atoms with Crippen LogP contribution in [0.25, 0.3) is 0 Å². The third-order valence-electron chi connectivity index (χ3n) is 2.42. The summed E-state index contributed by atoms with van der Waals surface area (Å²) in [6.45, 7) is 0.460. The number of alkyl halides is 2. The van der Waals surface area contributed by atoms with Gasteiger partial charge in [-0.05, 0) is 19.4 Å². The molecule has 0 aromatic rings. The fraction of sp³-hybridized carbons (Fsp3) is 0.889. The summed E-state index contributed by atoms with van der Waals surface area (Å²) in [5.41, 5.74) is 0. The summed E-state index contributed by atoms with van der Waals surface area (Å²) < 4.78 is 23.9. The minimum atomic E-state index is -2.44. The topological polar surface area (TPSA) is 32.3 Å². The van der Waals surface area contributed by atoms with Gasteiger partial charge >= 0.3 is 0 Å². The summed E-state index contributed by atoms with van der Waals surface area (Å²) in [6.07, 6.45) is -0.0750. The number of halogens is 2. The van der Waals surface area contributed by atoms with Crippen LogP contribution in [0.1, 0.15) is 19.3 Å². The highest BCUT2D eigenvalue weighted by atomic mass is 19.3. The summed E-state index contributed by atoms with van der Waals surface area (Å²) in [5, 5.41) is 3.16. The first-order valence-electron chi connectivity index (χ1n) is 4.85. The molecule has 0 saturated carbocycles. The van der Waals surface area contributed by atoms with Crippen LogP contribution in [0.15, 0.2) is 0 Å². The Morgan fingerprint density at radius 1 is 1.64 bits per heavy atom. The highest BCUT2D eigenvalue weighted by Crippen LogP contribution is 2.10. The maximum atomic E-state index is 11.9. The largest absolute Gasteiger partial charge is 0.340 e.